The molecular formula is C16H16FNOS. The van der Waals surface area contributed by atoms with Crippen LogP contribution in [0.5, 0.6) is 0 Å². The van der Waals surface area contributed by atoms with Gasteiger partial charge in [0.2, 0.25) is 0 Å². The number of halogens is 1. The van der Waals surface area contributed by atoms with Gasteiger partial charge >= 0.3 is 0 Å². The Kier molecular flexibility index (Phi) is 5.18. The summed E-state index contributed by atoms with van der Waals surface area (Å²) in [5, 5.41) is 2.85. The minimum Gasteiger partial charge on any atom is -0.351 e. The average molecular weight is 289 g/mol. The highest BCUT2D eigenvalue weighted by molar-refractivity contribution is 7.99. The molecule has 0 saturated heterocycles. The third-order valence-corrected chi connectivity index (χ3v) is 3.85. The second-order valence-corrected chi connectivity index (χ2v) is 5.54. The van der Waals surface area contributed by atoms with Crippen molar-refractivity contribution < 1.29 is 9.18 Å². The van der Waals surface area contributed by atoms with Gasteiger partial charge < -0.3 is 5.32 Å². The summed E-state index contributed by atoms with van der Waals surface area (Å²) in [6.45, 7) is 2.31. The fourth-order valence-corrected chi connectivity index (χ4v) is 2.62. The zero-order valence-electron chi connectivity index (χ0n) is 11.2. The van der Waals surface area contributed by atoms with Gasteiger partial charge in [-0.25, -0.2) is 4.39 Å². The molecule has 0 saturated carbocycles. The minimum absolute atomic E-state index is 0.156. The number of hydrogen-bond acceptors (Lipinski definition) is 2. The first-order valence-electron chi connectivity index (χ1n) is 6.39. The van der Waals surface area contributed by atoms with Gasteiger partial charge in [0.25, 0.3) is 5.91 Å². The number of carbonyl (C=O) groups is 1. The van der Waals surface area contributed by atoms with Crippen molar-refractivity contribution in [3.8, 4) is 0 Å². The molecule has 20 heavy (non-hydrogen) atoms. The molecule has 0 aliphatic heterocycles. The van der Waals surface area contributed by atoms with Crippen molar-refractivity contribution in [1.82, 2.24) is 5.32 Å². The topological polar surface area (TPSA) is 29.1 Å². The fraction of sp³-hybridized carbons (Fsp3) is 0.188. The Labute approximate surface area is 122 Å². The number of nitrogens with one attached hydrogen (secondary N) is 1. The van der Waals surface area contributed by atoms with E-state index < -0.39 is 0 Å². The Morgan fingerprint density at radius 2 is 1.95 bits per heavy atom. The summed E-state index contributed by atoms with van der Waals surface area (Å²) in [6, 6.07) is 14.2. The molecule has 2 aromatic carbocycles. The molecule has 0 bridgehead atoms. The molecule has 0 unspecified atom stereocenters. The number of aryl methyl sites for hydroxylation is 1. The summed E-state index contributed by atoms with van der Waals surface area (Å²) in [4.78, 5) is 13.1. The molecule has 104 valence electrons. The number of carbonyl (C=O) groups excluding carboxylic acids is 1. The molecule has 0 aliphatic rings. The van der Waals surface area contributed by atoms with Crippen molar-refractivity contribution in [3.05, 3.63) is 65.5 Å². The van der Waals surface area contributed by atoms with E-state index in [1.54, 1.807) is 18.7 Å². The van der Waals surface area contributed by atoms with Crippen molar-refractivity contribution >= 4 is 17.7 Å². The largest absolute Gasteiger partial charge is 0.351 e. The van der Waals surface area contributed by atoms with E-state index in [1.165, 1.54) is 23.1 Å². The van der Waals surface area contributed by atoms with E-state index >= 15 is 0 Å². The van der Waals surface area contributed by atoms with Crippen LogP contribution in [0.15, 0.2) is 53.4 Å². The van der Waals surface area contributed by atoms with Crippen LogP contribution in [0.1, 0.15) is 15.9 Å². The smallest absolute Gasteiger partial charge is 0.251 e. The first-order chi connectivity index (χ1) is 9.66. The van der Waals surface area contributed by atoms with Crippen LogP contribution in [0.4, 0.5) is 4.39 Å². The maximum atomic E-state index is 13.0. The normalized spacial score (nSPS) is 10.3. The molecule has 0 aromatic heterocycles. The number of amides is 1. The van der Waals surface area contributed by atoms with E-state index in [-0.39, 0.29) is 11.7 Å². The Morgan fingerprint density at radius 1 is 1.20 bits per heavy atom. The summed E-state index contributed by atoms with van der Waals surface area (Å²) in [5.74, 6) is 0.325. The lowest BCUT2D eigenvalue weighted by Crippen LogP contribution is -2.26. The highest BCUT2D eigenvalue weighted by Gasteiger charge is 2.08. The van der Waals surface area contributed by atoms with Crippen molar-refractivity contribution in [1.29, 1.82) is 0 Å². The van der Waals surface area contributed by atoms with Crippen LogP contribution in [0, 0.1) is 12.7 Å². The third-order valence-electron chi connectivity index (χ3n) is 2.83. The maximum absolute atomic E-state index is 13.0. The number of hydrogen-bond donors (Lipinski definition) is 1. The van der Waals surface area contributed by atoms with E-state index in [4.69, 9.17) is 0 Å². The molecular weight excluding hydrogens is 273 g/mol. The van der Waals surface area contributed by atoms with Gasteiger partial charge in [0, 0.05) is 22.8 Å². The van der Waals surface area contributed by atoms with Crippen LogP contribution in [0.2, 0.25) is 0 Å². The summed E-state index contributed by atoms with van der Waals surface area (Å²) >= 11 is 1.69. The predicted octanol–water partition coefficient (Wildman–Crippen LogP) is 3.66. The van der Waals surface area contributed by atoms with Crippen LogP contribution < -0.4 is 5.32 Å². The SMILES string of the molecule is Cc1cc(F)ccc1C(=O)NCCSc1ccccc1. The highest BCUT2D eigenvalue weighted by atomic mass is 32.2. The third kappa shape index (κ3) is 4.10. The molecule has 1 N–H and O–H groups in total. The van der Waals surface area contributed by atoms with E-state index in [1.807, 2.05) is 30.3 Å². The van der Waals surface area contributed by atoms with Crippen molar-refractivity contribution in [2.75, 3.05) is 12.3 Å². The van der Waals surface area contributed by atoms with Gasteiger partial charge in [-0.3, -0.25) is 4.79 Å². The van der Waals surface area contributed by atoms with Crippen LogP contribution in [0.25, 0.3) is 0 Å². The lowest BCUT2D eigenvalue weighted by molar-refractivity contribution is 0.0955. The van der Waals surface area contributed by atoms with Gasteiger partial charge in [0.1, 0.15) is 5.82 Å². The van der Waals surface area contributed by atoms with E-state index in [0.29, 0.717) is 17.7 Å². The second-order valence-electron chi connectivity index (χ2n) is 4.38. The van der Waals surface area contributed by atoms with E-state index in [0.717, 1.165) is 5.75 Å². The summed E-state index contributed by atoms with van der Waals surface area (Å²) in [6.07, 6.45) is 0. The fourth-order valence-electron chi connectivity index (χ4n) is 1.83. The average Bonchev–Trinajstić information content (AvgIpc) is 2.44. The Hall–Kier alpha value is -1.81. The lowest BCUT2D eigenvalue weighted by Gasteiger charge is -2.07. The highest BCUT2D eigenvalue weighted by Crippen LogP contribution is 2.16. The van der Waals surface area contributed by atoms with Crippen LogP contribution in [0.3, 0.4) is 0 Å². The number of thioether (sulfide) groups is 1. The molecule has 2 rings (SSSR count). The Bertz CT molecular complexity index is 586. The van der Waals surface area contributed by atoms with Gasteiger partial charge in [0.05, 0.1) is 0 Å². The molecule has 0 heterocycles. The number of rotatable bonds is 5. The summed E-state index contributed by atoms with van der Waals surface area (Å²) in [7, 11) is 0. The second kappa shape index (κ2) is 7.10. The summed E-state index contributed by atoms with van der Waals surface area (Å²) in [5.41, 5.74) is 1.18. The van der Waals surface area contributed by atoms with Crippen LogP contribution in [-0.2, 0) is 0 Å². The molecule has 0 aliphatic carbocycles. The Morgan fingerprint density at radius 3 is 2.65 bits per heavy atom. The molecule has 4 heteroatoms. The van der Waals surface area contributed by atoms with E-state index in [2.05, 4.69) is 5.32 Å². The van der Waals surface area contributed by atoms with Gasteiger partial charge in [-0.1, -0.05) is 18.2 Å². The summed E-state index contributed by atoms with van der Waals surface area (Å²) < 4.78 is 13.0. The predicted molar refractivity (Wildman–Crippen MR) is 80.6 cm³/mol. The monoisotopic (exact) mass is 289 g/mol. The Balaban J connectivity index is 1.80. The van der Waals surface area contributed by atoms with Gasteiger partial charge in [-0.15, -0.1) is 11.8 Å². The van der Waals surface area contributed by atoms with Crippen LogP contribution >= 0.6 is 11.8 Å². The minimum atomic E-state index is -0.321. The quantitative estimate of drug-likeness (QED) is 0.672. The molecule has 2 nitrogen and oxygen atoms in total. The molecule has 0 radical (unpaired) electrons. The zero-order valence-corrected chi connectivity index (χ0v) is 12.0. The van der Waals surface area contributed by atoms with Gasteiger partial charge in [-0.05, 0) is 42.8 Å². The molecule has 0 spiro atoms. The van der Waals surface area contributed by atoms with Crippen LogP contribution in [-0.4, -0.2) is 18.2 Å². The number of benzene rings is 2. The van der Waals surface area contributed by atoms with Crippen molar-refractivity contribution in [2.45, 2.75) is 11.8 Å². The first kappa shape index (κ1) is 14.6. The molecule has 1 amide bonds. The lowest BCUT2D eigenvalue weighted by atomic mass is 10.1. The molecule has 2 aromatic rings. The van der Waals surface area contributed by atoms with Gasteiger partial charge in [-0.2, -0.15) is 0 Å². The maximum Gasteiger partial charge on any atom is 0.251 e. The molecule has 0 fully saturated rings. The van der Waals surface area contributed by atoms with Crippen molar-refractivity contribution in [3.63, 3.8) is 0 Å². The first-order valence-corrected chi connectivity index (χ1v) is 7.37. The molecule has 0 atom stereocenters. The standard InChI is InChI=1S/C16H16FNOS/c1-12-11-13(17)7-8-15(12)16(19)18-9-10-20-14-5-3-2-4-6-14/h2-8,11H,9-10H2,1H3,(H,18,19). The van der Waals surface area contributed by atoms with Gasteiger partial charge in [0.15, 0.2) is 0 Å². The van der Waals surface area contributed by atoms with E-state index in [9.17, 15) is 9.18 Å². The zero-order chi connectivity index (χ0) is 14.4. The van der Waals surface area contributed by atoms with Crippen molar-refractivity contribution in [2.24, 2.45) is 0 Å².